The van der Waals surface area contributed by atoms with Crippen LogP contribution in [0.4, 0.5) is 4.39 Å². The van der Waals surface area contributed by atoms with E-state index >= 15 is 0 Å². The van der Waals surface area contributed by atoms with Gasteiger partial charge in [0.2, 0.25) is 0 Å². The lowest BCUT2D eigenvalue weighted by Gasteiger charge is -2.25. The summed E-state index contributed by atoms with van der Waals surface area (Å²) < 4.78 is 15.4. The molecule has 1 saturated heterocycles. The van der Waals surface area contributed by atoms with Gasteiger partial charge >= 0.3 is 5.97 Å². The maximum absolute atomic E-state index is 14.7. The first-order valence-electron chi connectivity index (χ1n) is 9.82. The molecule has 1 aliphatic heterocycles. The Balaban J connectivity index is 1.99. The summed E-state index contributed by atoms with van der Waals surface area (Å²) in [6.07, 6.45) is 1.43. The van der Waals surface area contributed by atoms with Gasteiger partial charge in [0.1, 0.15) is 11.6 Å². The zero-order valence-electron chi connectivity index (χ0n) is 16.6. The lowest BCUT2D eigenvalue weighted by Crippen LogP contribution is -2.31. The molecule has 0 radical (unpaired) electrons. The smallest absolute Gasteiger partial charge is 0.303 e. The number of hydrogen-bond donors (Lipinski definition) is 2. The molecule has 2 N–H and O–H groups in total. The Labute approximate surface area is 187 Å². The molecule has 0 spiro atoms. The number of hydrogen-bond acceptors (Lipinski definition) is 4. The van der Waals surface area contributed by atoms with Crippen LogP contribution < -0.4 is 0 Å². The Morgan fingerprint density at radius 1 is 1.00 bits per heavy atom. The van der Waals surface area contributed by atoms with Gasteiger partial charge in [0.15, 0.2) is 0 Å². The monoisotopic (exact) mass is 489 g/mol. The van der Waals surface area contributed by atoms with Crippen LogP contribution in [0.2, 0.25) is 0 Å². The molecule has 8 heteroatoms. The zero-order valence-corrected chi connectivity index (χ0v) is 18.1. The summed E-state index contributed by atoms with van der Waals surface area (Å²) in [7, 11) is 0. The summed E-state index contributed by atoms with van der Waals surface area (Å²) in [4.78, 5) is 37.6. The highest BCUT2D eigenvalue weighted by atomic mass is 79.9. The molecule has 31 heavy (non-hydrogen) atoms. The van der Waals surface area contributed by atoms with Gasteiger partial charge in [0.25, 0.3) is 11.7 Å². The van der Waals surface area contributed by atoms with Crippen LogP contribution in [0.1, 0.15) is 42.9 Å². The van der Waals surface area contributed by atoms with Crippen molar-refractivity contribution in [2.24, 2.45) is 0 Å². The molecule has 1 atom stereocenters. The number of unbranched alkanes of at least 4 members (excludes halogenated alkanes) is 2. The van der Waals surface area contributed by atoms with E-state index < -0.39 is 29.5 Å². The first-order chi connectivity index (χ1) is 14.8. The van der Waals surface area contributed by atoms with Crippen LogP contribution in [0.5, 0.6) is 0 Å². The number of halogens is 2. The van der Waals surface area contributed by atoms with Gasteiger partial charge in [-0.1, -0.05) is 52.7 Å². The zero-order chi connectivity index (χ0) is 22.5. The van der Waals surface area contributed by atoms with Crippen molar-refractivity contribution in [2.75, 3.05) is 6.54 Å². The van der Waals surface area contributed by atoms with Gasteiger partial charge in [0, 0.05) is 28.6 Å². The third-order valence-electron chi connectivity index (χ3n) is 5.15. The van der Waals surface area contributed by atoms with Gasteiger partial charge in [-0.05, 0) is 31.0 Å². The number of benzene rings is 2. The first-order valence-corrected chi connectivity index (χ1v) is 10.6. The second-order valence-electron chi connectivity index (χ2n) is 7.23. The Bertz CT molecular complexity index is 1030. The van der Waals surface area contributed by atoms with E-state index in [-0.39, 0.29) is 29.9 Å². The average Bonchev–Trinajstić information content (AvgIpc) is 2.98. The molecule has 0 bridgehead atoms. The van der Waals surface area contributed by atoms with Crippen LogP contribution in [0.15, 0.2) is 58.6 Å². The predicted octanol–water partition coefficient (Wildman–Crippen LogP) is 4.65. The Morgan fingerprint density at radius 3 is 2.32 bits per heavy atom. The Kier molecular flexibility index (Phi) is 7.22. The van der Waals surface area contributed by atoms with Gasteiger partial charge in [-0.3, -0.25) is 14.4 Å². The molecule has 3 rings (SSSR count). The minimum Gasteiger partial charge on any atom is -0.507 e. The lowest BCUT2D eigenvalue weighted by molar-refractivity contribution is -0.140. The number of nitrogens with zero attached hydrogens (tertiary/aromatic N) is 1. The normalized spacial score (nSPS) is 17.9. The lowest BCUT2D eigenvalue weighted by atomic mass is 9.95. The van der Waals surface area contributed by atoms with Crippen LogP contribution >= 0.6 is 15.9 Å². The van der Waals surface area contributed by atoms with Gasteiger partial charge < -0.3 is 15.1 Å². The Morgan fingerprint density at radius 2 is 1.68 bits per heavy atom. The summed E-state index contributed by atoms with van der Waals surface area (Å²) in [6.45, 7) is 0.139. The molecule has 2 aromatic rings. The molecule has 0 aliphatic carbocycles. The second-order valence-corrected chi connectivity index (χ2v) is 8.14. The standard InChI is InChI=1S/C23H21BrFNO5/c24-15-11-9-14(10-12-15)21(29)19-20(16-6-3-4-7-17(16)25)26(23(31)22(19)30)13-5-1-2-8-18(27)28/h3-4,6-7,9-12,20,29H,1-2,5,8,13H2,(H,27,28)/b21-19+/t20-/m1/s1. The molecular weight excluding hydrogens is 469 g/mol. The number of likely N-dealkylation sites (tertiary alicyclic amines) is 1. The van der Waals surface area contributed by atoms with E-state index in [9.17, 15) is 23.9 Å². The van der Waals surface area contributed by atoms with E-state index in [1.165, 1.54) is 23.1 Å². The summed E-state index contributed by atoms with van der Waals surface area (Å²) in [6, 6.07) is 11.3. The third kappa shape index (κ3) is 5.02. The van der Waals surface area contributed by atoms with Gasteiger partial charge in [-0.15, -0.1) is 0 Å². The summed E-state index contributed by atoms with van der Waals surface area (Å²) in [5, 5.41) is 19.6. The molecule has 0 saturated carbocycles. The summed E-state index contributed by atoms with van der Waals surface area (Å²) in [5.41, 5.74) is 0.290. The van der Waals surface area contributed by atoms with Gasteiger partial charge in [-0.25, -0.2) is 4.39 Å². The molecular formula is C23H21BrFNO5. The molecule has 0 unspecified atom stereocenters. The highest BCUT2D eigenvalue weighted by Crippen LogP contribution is 2.40. The van der Waals surface area contributed by atoms with Crippen molar-refractivity contribution in [3.63, 3.8) is 0 Å². The number of amides is 1. The number of Topliss-reactive ketones (excluding diaryl/α,β-unsaturated/α-hetero) is 1. The summed E-state index contributed by atoms with van der Waals surface area (Å²) in [5.74, 6) is -3.55. The SMILES string of the molecule is O=C(O)CCCCCN1C(=O)C(=O)/C(=C(/O)c2ccc(Br)cc2)[C@H]1c1ccccc1F. The summed E-state index contributed by atoms with van der Waals surface area (Å²) >= 11 is 3.30. The maximum atomic E-state index is 14.7. The number of carbonyl (C=O) groups is 3. The number of aliphatic hydroxyl groups excluding tert-OH is 1. The van der Waals surface area contributed by atoms with Crippen LogP contribution in [0.3, 0.4) is 0 Å². The van der Waals surface area contributed by atoms with E-state index in [4.69, 9.17) is 5.11 Å². The van der Waals surface area contributed by atoms with Crippen LogP contribution in [0, 0.1) is 5.82 Å². The van der Waals surface area contributed by atoms with E-state index in [0.29, 0.717) is 24.8 Å². The molecule has 162 valence electrons. The maximum Gasteiger partial charge on any atom is 0.303 e. The fourth-order valence-corrected chi connectivity index (χ4v) is 3.89. The van der Waals surface area contributed by atoms with Crippen molar-refractivity contribution < 1.29 is 29.0 Å². The highest BCUT2D eigenvalue weighted by Gasteiger charge is 2.46. The highest BCUT2D eigenvalue weighted by molar-refractivity contribution is 9.10. The molecule has 6 nitrogen and oxygen atoms in total. The van der Waals surface area contributed by atoms with Crippen LogP contribution in [0.25, 0.3) is 5.76 Å². The van der Waals surface area contributed by atoms with Crippen molar-refractivity contribution >= 4 is 39.3 Å². The molecule has 0 aromatic heterocycles. The first kappa shape index (κ1) is 22.7. The number of aliphatic carboxylic acids is 1. The number of aliphatic hydroxyl groups is 1. The van der Waals surface area contributed by atoms with E-state index in [1.807, 2.05) is 0 Å². The largest absolute Gasteiger partial charge is 0.507 e. The van der Waals surface area contributed by atoms with Crippen molar-refractivity contribution in [1.29, 1.82) is 0 Å². The fraction of sp³-hybridized carbons (Fsp3) is 0.261. The van der Waals surface area contributed by atoms with Crippen LogP contribution in [-0.4, -0.2) is 39.3 Å². The topological polar surface area (TPSA) is 94.9 Å². The van der Waals surface area contributed by atoms with E-state index in [1.54, 1.807) is 30.3 Å². The Hall–Kier alpha value is -3.00. The van der Waals surface area contributed by atoms with Crippen LogP contribution in [-0.2, 0) is 14.4 Å². The number of carboxylic acids is 1. The van der Waals surface area contributed by atoms with Gasteiger partial charge in [-0.2, -0.15) is 0 Å². The molecule has 1 aliphatic rings. The van der Waals surface area contributed by atoms with Crippen molar-refractivity contribution in [3.8, 4) is 0 Å². The van der Waals surface area contributed by atoms with Crippen molar-refractivity contribution in [2.45, 2.75) is 31.7 Å². The van der Waals surface area contributed by atoms with E-state index in [0.717, 1.165) is 4.47 Å². The van der Waals surface area contributed by atoms with Crippen molar-refractivity contribution in [1.82, 2.24) is 4.90 Å². The number of carboxylic acid groups (broad SMARTS) is 1. The van der Waals surface area contributed by atoms with Gasteiger partial charge in [0.05, 0.1) is 11.6 Å². The molecule has 1 amide bonds. The molecule has 1 heterocycles. The van der Waals surface area contributed by atoms with Crippen molar-refractivity contribution in [3.05, 3.63) is 75.5 Å². The quantitative estimate of drug-likeness (QED) is 0.243. The fourth-order valence-electron chi connectivity index (χ4n) is 3.63. The number of ketones is 1. The number of rotatable bonds is 8. The minimum atomic E-state index is -1.07. The van der Waals surface area contributed by atoms with E-state index in [2.05, 4.69) is 15.9 Å². The second kappa shape index (κ2) is 9.87. The average molecular weight is 490 g/mol. The number of carbonyl (C=O) groups excluding carboxylic acids is 2. The molecule has 1 fully saturated rings. The molecule has 2 aromatic carbocycles. The predicted molar refractivity (Wildman–Crippen MR) is 116 cm³/mol. The minimum absolute atomic E-state index is 0.0130. The third-order valence-corrected chi connectivity index (χ3v) is 5.68.